The molecule has 4 fully saturated rings. The number of aromatic amines is 1. The molecule has 5 N–H and O–H groups in total. The van der Waals surface area contributed by atoms with E-state index in [-0.39, 0.29) is 41.7 Å². The molecule has 300 valence electrons. The number of nitrogens with one attached hydrogen (secondary N) is 3. The van der Waals surface area contributed by atoms with Crippen molar-refractivity contribution in [2.45, 2.75) is 56.4 Å². The van der Waals surface area contributed by atoms with E-state index < -0.39 is 11.5 Å². The number of carbonyl (C=O) groups is 3. The van der Waals surface area contributed by atoms with Gasteiger partial charge in [-0.15, -0.1) is 0 Å². The van der Waals surface area contributed by atoms with Crippen LogP contribution in [0.25, 0.3) is 10.9 Å². The van der Waals surface area contributed by atoms with Crippen LogP contribution in [-0.2, 0) is 28.0 Å². The molecule has 9 rings (SSSR count). The lowest BCUT2D eigenvalue weighted by Crippen LogP contribution is -2.55. The maximum atomic E-state index is 14.0. The van der Waals surface area contributed by atoms with Crippen molar-refractivity contribution in [2.75, 3.05) is 39.3 Å². The smallest absolute Gasteiger partial charge is 0.317 e. The van der Waals surface area contributed by atoms with Gasteiger partial charge in [0.15, 0.2) is 0 Å². The van der Waals surface area contributed by atoms with Gasteiger partial charge in [0.2, 0.25) is 5.56 Å². The first kappa shape index (κ1) is 39.0. The first-order chi connectivity index (χ1) is 28.2. The number of pyridine rings is 1. The van der Waals surface area contributed by atoms with Gasteiger partial charge >= 0.3 is 5.97 Å². The first-order valence-corrected chi connectivity index (χ1v) is 20.1. The largest absolute Gasteiger partial charge is 0.506 e. The third-order valence-corrected chi connectivity index (χ3v) is 12.3. The zero-order valence-electron chi connectivity index (χ0n) is 32.4. The molecular formula is C46H49N5O7. The summed E-state index contributed by atoms with van der Waals surface area (Å²) in [4.78, 5) is 59.2. The average Bonchev–Trinajstić information content (AvgIpc) is 3.26. The molecule has 5 aromatic rings. The Bertz CT molecular complexity index is 2310. The van der Waals surface area contributed by atoms with E-state index >= 15 is 0 Å². The van der Waals surface area contributed by atoms with E-state index in [1.807, 2.05) is 54.6 Å². The average molecular weight is 784 g/mol. The number of esters is 1. The van der Waals surface area contributed by atoms with Crippen LogP contribution >= 0.6 is 0 Å². The Hall–Kier alpha value is -5.82. The maximum Gasteiger partial charge on any atom is 0.317 e. The summed E-state index contributed by atoms with van der Waals surface area (Å²) >= 11 is 0. The third kappa shape index (κ3) is 8.27. The third-order valence-electron chi connectivity index (χ3n) is 12.3. The number of likely N-dealkylation sites (tertiary alicyclic amines) is 1. The SMILES string of the molecule is O=C(NCc1ccc(CNCC(O)c2ccc(O)c3[nH]c(=O)ccc23)cc1)c1ccc(C(=O)N2CCC(C(=O)OC3CN4CCC3CC4)(c3ccccc3)CC2)cc1. The van der Waals surface area contributed by atoms with Gasteiger partial charge in [0.05, 0.1) is 17.0 Å². The van der Waals surface area contributed by atoms with Crippen molar-refractivity contribution >= 4 is 28.7 Å². The number of aromatic hydroxyl groups is 1. The van der Waals surface area contributed by atoms with Crippen LogP contribution in [0.5, 0.6) is 5.75 Å². The molecule has 0 saturated carbocycles. The molecule has 4 aromatic carbocycles. The summed E-state index contributed by atoms with van der Waals surface area (Å²) in [7, 11) is 0. The zero-order valence-corrected chi connectivity index (χ0v) is 32.4. The second-order valence-electron chi connectivity index (χ2n) is 15.8. The van der Waals surface area contributed by atoms with E-state index in [1.54, 1.807) is 41.3 Å². The van der Waals surface area contributed by atoms with Crippen LogP contribution in [0.4, 0.5) is 0 Å². The van der Waals surface area contributed by atoms with Crippen molar-refractivity contribution in [3.63, 3.8) is 0 Å². The molecule has 5 heterocycles. The molecule has 4 aliphatic heterocycles. The Morgan fingerprint density at radius 3 is 2.16 bits per heavy atom. The van der Waals surface area contributed by atoms with Crippen molar-refractivity contribution in [2.24, 2.45) is 5.92 Å². The van der Waals surface area contributed by atoms with Crippen LogP contribution < -0.4 is 16.2 Å². The Kier molecular flexibility index (Phi) is 11.4. The molecule has 2 amide bonds. The van der Waals surface area contributed by atoms with Gasteiger partial charge in [-0.1, -0.05) is 60.7 Å². The maximum absolute atomic E-state index is 14.0. The minimum Gasteiger partial charge on any atom is -0.506 e. The van der Waals surface area contributed by atoms with Crippen LogP contribution in [0.2, 0.25) is 0 Å². The van der Waals surface area contributed by atoms with Gasteiger partial charge in [0, 0.05) is 61.8 Å². The number of aliphatic hydroxyl groups excluding tert-OH is 1. The lowest BCUT2D eigenvalue weighted by atomic mass is 9.72. The topological polar surface area (TPSA) is 164 Å². The van der Waals surface area contributed by atoms with Gasteiger partial charge < -0.3 is 35.5 Å². The number of hydrogen-bond acceptors (Lipinski definition) is 9. The van der Waals surface area contributed by atoms with E-state index in [9.17, 15) is 29.4 Å². The fourth-order valence-electron chi connectivity index (χ4n) is 8.77. The molecule has 0 aliphatic carbocycles. The molecule has 58 heavy (non-hydrogen) atoms. The number of phenols is 1. The number of aliphatic hydroxyl groups is 1. The Morgan fingerprint density at radius 2 is 1.48 bits per heavy atom. The quantitative estimate of drug-likeness (QED) is 0.112. The molecule has 0 radical (unpaired) electrons. The number of amides is 2. The molecule has 0 spiro atoms. The summed E-state index contributed by atoms with van der Waals surface area (Å²) < 4.78 is 6.30. The predicted octanol–water partition coefficient (Wildman–Crippen LogP) is 4.80. The summed E-state index contributed by atoms with van der Waals surface area (Å²) in [6.45, 7) is 4.86. The van der Waals surface area contributed by atoms with Gasteiger partial charge in [0.1, 0.15) is 11.9 Å². The van der Waals surface area contributed by atoms with Gasteiger partial charge in [-0.25, -0.2) is 0 Å². The van der Waals surface area contributed by atoms with Crippen LogP contribution in [0.15, 0.2) is 108 Å². The fourth-order valence-corrected chi connectivity index (χ4v) is 8.77. The van der Waals surface area contributed by atoms with Gasteiger partial charge in [-0.2, -0.15) is 0 Å². The number of rotatable bonds is 12. The van der Waals surface area contributed by atoms with E-state index in [0.717, 1.165) is 49.2 Å². The van der Waals surface area contributed by atoms with Crippen LogP contribution in [-0.4, -0.2) is 88.2 Å². The van der Waals surface area contributed by atoms with Crippen molar-refractivity contribution < 1.29 is 29.3 Å². The number of aromatic nitrogens is 1. The Morgan fingerprint density at radius 1 is 0.810 bits per heavy atom. The number of hydrogen-bond donors (Lipinski definition) is 5. The van der Waals surface area contributed by atoms with Gasteiger partial charge in [-0.3, -0.25) is 24.1 Å². The number of piperidine rings is 4. The summed E-state index contributed by atoms with van der Waals surface area (Å²) in [5.74, 6) is -0.201. The molecule has 2 atom stereocenters. The molecular weight excluding hydrogens is 735 g/mol. The number of benzene rings is 4. The molecule has 2 bridgehead atoms. The second kappa shape index (κ2) is 17.0. The van der Waals surface area contributed by atoms with E-state index in [0.29, 0.717) is 72.5 Å². The highest BCUT2D eigenvalue weighted by Crippen LogP contribution is 2.39. The Balaban J connectivity index is 0.810. The molecule has 12 nitrogen and oxygen atoms in total. The molecule has 4 aliphatic rings. The van der Waals surface area contributed by atoms with Crippen LogP contribution in [0.1, 0.15) is 74.8 Å². The lowest BCUT2D eigenvalue weighted by Gasteiger charge is -2.46. The van der Waals surface area contributed by atoms with Crippen molar-refractivity contribution in [1.29, 1.82) is 0 Å². The monoisotopic (exact) mass is 783 g/mol. The van der Waals surface area contributed by atoms with Gasteiger partial charge in [-0.05, 0) is 103 Å². The van der Waals surface area contributed by atoms with Gasteiger partial charge in [0.25, 0.3) is 11.8 Å². The van der Waals surface area contributed by atoms with E-state index in [4.69, 9.17) is 4.74 Å². The first-order valence-electron chi connectivity index (χ1n) is 20.1. The number of ether oxygens (including phenoxy) is 1. The van der Waals surface area contributed by atoms with Crippen molar-refractivity contribution in [3.8, 4) is 5.75 Å². The van der Waals surface area contributed by atoms with E-state index in [2.05, 4.69) is 20.5 Å². The molecule has 2 unspecified atom stereocenters. The van der Waals surface area contributed by atoms with Crippen LogP contribution in [0, 0.1) is 5.92 Å². The lowest BCUT2D eigenvalue weighted by molar-refractivity contribution is -0.167. The summed E-state index contributed by atoms with van der Waals surface area (Å²) in [6.07, 6.45) is 2.15. The summed E-state index contributed by atoms with van der Waals surface area (Å²) in [6, 6.07) is 30.4. The van der Waals surface area contributed by atoms with Crippen molar-refractivity contribution in [1.82, 2.24) is 25.4 Å². The second-order valence-corrected chi connectivity index (χ2v) is 15.8. The fraction of sp³-hybridized carbons (Fsp3) is 0.348. The highest BCUT2D eigenvalue weighted by Gasteiger charge is 2.47. The normalized spacial score (nSPS) is 20.4. The standard InChI is InChI=1S/C46H49N5O7/c52-38-16-14-36(37-15-17-41(54)49-42(37)38)39(53)28-47-26-30-6-8-31(9-7-30)27-48-43(55)33-10-12-34(13-11-33)44(56)51-24-20-46(21-25-51,35-4-2-1-3-5-35)45(57)58-40-29-50-22-18-32(40)19-23-50/h1-17,32,39-40,47,52-53H,18-29H2,(H,48,55)(H,49,54). The highest BCUT2D eigenvalue weighted by atomic mass is 16.5. The van der Waals surface area contributed by atoms with Crippen LogP contribution in [0.3, 0.4) is 0 Å². The number of fused-ring (bicyclic) bond motifs is 4. The molecule has 12 heteroatoms. The number of H-pyrrole nitrogens is 1. The zero-order chi connectivity index (χ0) is 40.2. The number of nitrogens with zero attached hydrogens (tertiary/aromatic N) is 2. The minimum atomic E-state index is -0.863. The summed E-state index contributed by atoms with van der Waals surface area (Å²) in [5, 5.41) is 27.7. The van der Waals surface area contributed by atoms with Crippen molar-refractivity contribution in [3.05, 3.63) is 147 Å². The molecule has 1 aromatic heterocycles. The number of carbonyl (C=O) groups excluding carboxylic acids is 3. The summed E-state index contributed by atoms with van der Waals surface area (Å²) in [5.41, 5.74) is 3.53. The minimum absolute atomic E-state index is 0.0568. The van der Waals surface area contributed by atoms with E-state index in [1.165, 1.54) is 12.1 Å². The predicted molar refractivity (Wildman–Crippen MR) is 219 cm³/mol. The highest BCUT2D eigenvalue weighted by molar-refractivity contribution is 5.98. The Labute approximate surface area is 336 Å². The molecule has 4 saturated heterocycles. The number of phenolic OH excluding ortho intramolecular Hbond substituents is 1.